The van der Waals surface area contributed by atoms with Crippen molar-refractivity contribution < 1.29 is 0 Å². The van der Waals surface area contributed by atoms with Crippen LogP contribution >= 0.6 is 0 Å². The summed E-state index contributed by atoms with van der Waals surface area (Å²) in [5, 5.41) is 8.96. The van der Waals surface area contributed by atoms with Crippen LogP contribution in [0.15, 0.2) is 30.7 Å². The van der Waals surface area contributed by atoms with Crippen LogP contribution in [0.5, 0.6) is 0 Å². The van der Waals surface area contributed by atoms with E-state index in [0.717, 1.165) is 43.5 Å². The van der Waals surface area contributed by atoms with Crippen LogP contribution in [0.4, 0.5) is 11.6 Å². The SMILES string of the molecule is Cc1cc(N2CCN(c3cc(C#N)ccn3)CC2)ncn1. The molecule has 0 amide bonds. The minimum Gasteiger partial charge on any atom is -0.353 e. The van der Waals surface area contributed by atoms with Gasteiger partial charge in [-0.25, -0.2) is 15.0 Å². The van der Waals surface area contributed by atoms with Crippen molar-refractivity contribution in [2.24, 2.45) is 0 Å². The van der Waals surface area contributed by atoms with Gasteiger partial charge in [0.05, 0.1) is 11.6 Å². The zero-order chi connectivity index (χ0) is 14.7. The van der Waals surface area contributed by atoms with Crippen molar-refractivity contribution in [1.29, 1.82) is 5.26 Å². The molecule has 0 atom stereocenters. The Labute approximate surface area is 123 Å². The first-order valence-corrected chi connectivity index (χ1v) is 6.91. The Kier molecular flexibility index (Phi) is 3.65. The smallest absolute Gasteiger partial charge is 0.132 e. The molecule has 2 aromatic heterocycles. The molecule has 1 aliphatic heterocycles. The van der Waals surface area contributed by atoms with E-state index in [1.807, 2.05) is 19.1 Å². The van der Waals surface area contributed by atoms with E-state index >= 15 is 0 Å². The van der Waals surface area contributed by atoms with Gasteiger partial charge in [0.1, 0.15) is 18.0 Å². The quantitative estimate of drug-likeness (QED) is 0.827. The van der Waals surface area contributed by atoms with E-state index in [1.165, 1.54) is 0 Å². The average Bonchev–Trinajstić information content (AvgIpc) is 2.55. The number of nitrogens with zero attached hydrogens (tertiary/aromatic N) is 6. The van der Waals surface area contributed by atoms with Crippen molar-refractivity contribution in [3.8, 4) is 6.07 Å². The van der Waals surface area contributed by atoms with Crippen LogP contribution in [0.25, 0.3) is 0 Å². The number of hydrogen-bond donors (Lipinski definition) is 0. The van der Waals surface area contributed by atoms with Crippen LogP contribution in [-0.2, 0) is 0 Å². The standard InChI is InChI=1S/C15H16N6/c1-12-8-14(19-11-18-12)20-4-6-21(7-5-20)15-9-13(10-16)2-3-17-15/h2-3,8-9,11H,4-7H2,1H3. The molecule has 6 nitrogen and oxygen atoms in total. The second kappa shape index (κ2) is 5.75. The molecule has 0 aliphatic carbocycles. The molecule has 3 rings (SSSR count). The summed E-state index contributed by atoms with van der Waals surface area (Å²) in [5.74, 6) is 1.84. The van der Waals surface area contributed by atoms with Crippen LogP contribution in [-0.4, -0.2) is 41.1 Å². The van der Waals surface area contributed by atoms with E-state index in [1.54, 1.807) is 18.6 Å². The molecule has 21 heavy (non-hydrogen) atoms. The number of nitriles is 1. The molecule has 0 bridgehead atoms. The molecule has 0 N–H and O–H groups in total. The highest BCUT2D eigenvalue weighted by atomic mass is 15.3. The lowest BCUT2D eigenvalue weighted by atomic mass is 10.2. The molecule has 106 valence electrons. The van der Waals surface area contributed by atoms with E-state index in [0.29, 0.717) is 5.56 Å². The lowest BCUT2D eigenvalue weighted by molar-refractivity contribution is 0.640. The molecule has 2 aromatic rings. The third-order valence-electron chi connectivity index (χ3n) is 3.59. The maximum atomic E-state index is 8.96. The molecule has 1 aliphatic rings. The second-order valence-corrected chi connectivity index (χ2v) is 5.01. The zero-order valence-corrected chi connectivity index (χ0v) is 11.9. The first-order valence-electron chi connectivity index (χ1n) is 6.91. The summed E-state index contributed by atoms with van der Waals surface area (Å²) in [6.07, 6.45) is 3.29. The van der Waals surface area contributed by atoms with Crippen LogP contribution in [0.3, 0.4) is 0 Å². The number of hydrogen-bond acceptors (Lipinski definition) is 6. The molecular formula is C15H16N6. The molecule has 0 aromatic carbocycles. The third kappa shape index (κ3) is 2.92. The Morgan fingerprint density at radius 1 is 1.00 bits per heavy atom. The van der Waals surface area contributed by atoms with E-state index < -0.39 is 0 Å². The van der Waals surface area contributed by atoms with E-state index in [4.69, 9.17) is 5.26 Å². The van der Waals surface area contributed by atoms with Gasteiger partial charge in [0.25, 0.3) is 0 Å². The maximum absolute atomic E-state index is 8.96. The Bertz CT molecular complexity index is 670. The second-order valence-electron chi connectivity index (χ2n) is 5.01. The van der Waals surface area contributed by atoms with Crippen molar-refractivity contribution >= 4 is 11.6 Å². The van der Waals surface area contributed by atoms with Crippen molar-refractivity contribution in [3.63, 3.8) is 0 Å². The van der Waals surface area contributed by atoms with Gasteiger partial charge in [0.2, 0.25) is 0 Å². The molecule has 1 saturated heterocycles. The van der Waals surface area contributed by atoms with Crippen molar-refractivity contribution in [1.82, 2.24) is 15.0 Å². The molecular weight excluding hydrogens is 264 g/mol. The van der Waals surface area contributed by atoms with Crippen LogP contribution in [0, 0.1) is 18.3 Å². The van der Waals surface area contributed by atoms with Crippen LogP contribution < -0.4 is 9.80 Å². The fourth-order valence-corrected chi connectivity index (χ4v) is 2.44. The Morgan fingerprint density at radius 3 is 2.29 bits per heavy atom. The van der Waals surface area contributed by atoms with Gasteiger partial charge in [-0.05, 0) is 19.1 Å². The molecule has 0 saturated carbocycles. The number of rotatable bonds is 2. The maximum Gasteiger partial charge on any atom is 0.132 e. The minimum absolute atomic E-state index is 0.647. The largest absolute Gasteiger partial charge is 0.353 e. The first kappa shape index (κ1) is 13.3. The summed E-state index contributed by atoms with van der Waals surface area (Å²) in [6, 6.07) is 7.72. The highest BCUT2D eigenvalue weighted by molar-refractivity contribution is 5.48. The summed E-state index contributed by atoms with van der Waals surface area (Å²) >= 11 is 0. The number of aromatic nitrogens is 3. The van der Waals surface area contributed by atoms with Gasteiger partial charge in [-0.1, -0.05) is 0 Å². The molecule has 6 heteroatoms. The Balaban J connectivity index is 1.69. The number of piperazine rings is 1. The predicted octanol–water partition coefficient (Wildman–Crippen LogP) is 1.38. The third-order valence-corrected chi connectivity index (χ3v) is 3.59. The lowest BCUT2D eigenvalue weighted by Crippen LogP contribution is -2.47. The number of aryl methyl sites for hydroxylation is 1. The van der Waals surface area contributed by atoms with Crippen molar-refractivity contribution in [2.45, 2.75) is 6.92 Å². The van der Waals surface area contributed by atoms with Gasteiger partial charge in [-0.2, -0.15) is 5.26 Å². The topological polar surface area (TPSA) is 68.9 Å². The fourth-order valence-electron chi connectivity index (χ4n) is 2.44. The van der Waals surface area contributed by atoms with Crippen molar-refractivity contribution in [3.05, 3.63) is 42.0 Å². The monoisotopic (exact) mass is 280 g/mol. The first-order chi connectivity index (χ1) is 10.3. The molecule has 3 heterocycles. The van der Waals surface area contributed by atoms with Crippen LogP contribution in [0.2, 0.25) is 0 Å². The molecule has 0 radical (unpaired) electrons. The van der Waals surface area contributed by atoms with E-state index in [9.17, 15) is 0 Å². The highest BCUT2D eigenvalue weighted by Crippen LogP contribution is 2.18. The number of pyridine rings is 1. The van der Waals surface area contributed by atoms with Gasteiger partial charge in [-0.15, -0.1) is 0 Å². The van der Waals surface area contributed by atoms with Gasteiger partial charge < -0.3 is 9.80 Å². The number of anilines is 2. The predicted molar refractivity (Wildman–Crippen MR) is 80.1 cm³/mol. The van der Waals surface area contributed by atoms with E-state index in [2.05, 4.69) is 30.8 Å². The average molecular weight is 280 g/mol. The Morgan fingerprint density at radius 2 is 1.67 bits per heavy atom. The molecule has 0 spiro atoms. The summed E-state index contributed by atoms with van der Waals surface area (Å²) in [7, 11) is 0. The van der Waals surface area contributed by atoms with Gasteiger partial charge in [0.15, 0.2) is 0 Å². The van der Waals surface area contributed by atoms with Gasteiger partial charge >= 0.3 is 0 Å². The van der Waals surface area contributed by atoms with Crippen molar-refractivity contribution in [2.75, 3.05) is 36.0 Å². The summed E-state index contributed by atoms with van der Waals surface area (Å²) in [5.41, 5.74) is 1.62. The normalized spacial score (nSPS) is 14.9. The van der Waals surface area contributed by atoms with E-state index in [-0.39, 0.29) is 0 Å². The van der Waals surface area contributed by atoms with Gasteiger partial charge in [0, 0.05) is 44.1 Å². The van der Waals surface area contributed by atoms with Gasteiger partial charge in [-0.3, -0.25) is 0 Å². The molecule has 0 unspecified atom stereocenters. The minimum atomic E-state index is 0.647. The Hall–Kier alpha value is -2.68. The molecule has 1 fully saturated rings. The zero-order valence-electron chi connectivity index (χ0n) is 11.9. The summed E-state index contributed by atoms with van der Waals surface area (Å²) < 4.78 is 0. The fraction of sp³-hybridized carbons (Fsp3) is 0.333. The summed E-state index contributed by atoms with van der Waals surface area (Å²) in [6.45, 7) is 5.47. The lowest BCUT2D eigenvalue weighted by Gasteiger charge is -2.36. The highest BCUT2D eigenvalue weighted by Gasteiger charge is 2.19. The van der Waals surface area contributed by atoms with Crippen LogP contribution in [0.1, 0.15) is 11.3 Å². The summed E-state index contributed by atoms with van der Waals surface area (Å²) in [4.78, 5) is 17.3.